The Bertz CT molecular complexity index is 422. The number of nitrogens with two attached hydrogens (primary N) is 1. The van der Waals surface area contributed by atoms with Crippen LogP contribution >= 0.6 is 0 Å². The second-order valence-corrected chi connectivity index (χ2v) is 6.24. The summed E-state index contributed by atoms with van der Waals surface area (Å²) in [5.74, 6) is 0. The number of rotatable bonds is 4. The molecular weight excluding hydrogens is 246 g/mol. The Balaban J connectivity index is 1.62. The van der Waals surface area contributed by atoms with E-state index in [0.717, 1.165) is 12.5 Å². The predicted octanol–water partition coefficient (Wildman–Crippen LogP) is 2.77. The predicted molar refractivity (Wildman–Crippen MR) is 85.1 cm³/mol. The molecule has 0 radical (unpaired) electrons. The zero-order valence-corrected chi connectivity index (χ0v) is 12.6. The summed E-state index contributed by atoms with van der Waals surface area (Å²) in [7, 11) is 0. The molecule has 2 aliphatic rings. The molecule has 20 heavy (non-hydrogen) atoms. The van der Waals surface area contributed by atoms with Crippen molar-refractivity contribution < 1.29 is 0 Å². The smallest absolute Gasteiger partial charge is 0.0366 e. The molecule has 1 aromatic carbocycles. The summed E-state index contributed by atoms with van der Waals surface area (Å²) in [6, 6.07) is 9.85. The molecule has 2 fully saturated rings. The maximum absolute atomic E-state index is 6.08. The third kappa shape index (κ3) is 2.84. The normalized spacial score (nSPS) is 25.3. The van der Waals surface area contributed by atoms with Gasteiger partial charge in [0, 0.05) is 30.9 Å². The molecule has 2 saturated heterocycles. The molecule has 0 amide bonds. The van der Waals surface area contributed by atoms with Crippen molar-refractivity contribution in [2.75, 3.05) is 31.1 Å². The molecule has 0 spiro atoms. The van der Waals surface area contributed by atoms with Crippen LogP contribution in [0.15, 0.2) is 24.3 Å². The quantitative estimate of drug-likeness (QED) is 0.915. The molecule has 0 aliphatic carbocycles. The fraction of sp³-hybridized carbons (Fsp3) is 0.647. The van der Waals surface area contributed by atoms with Gasteiger partial charge in [-0.05, 0) is 56.5 Å². The summed E-state index contributed by atoms with van der Waals surface area (Å²) in [5.41, 5.74) is 8.70. The zero-order chi connectivity index (χ0) is 13.9. The van der Waals surface area contributed by atoms with E-state index in [2.05, 4.69) is 41.0 Å². The van der Waals surface area contributed by atoms with E-state index in [1.807, 2.05) is 0 Å². The van der Waals surface area contributed by atoms with Crippen LogP contribution in [0.3, 0.4) is 0 Å². The van der Waals surface area contributed by atoms with E-state index in [-0.39, 0.29) is 6.04 Å². The van der Waals surface area contributed by atoms with E-state index in [0.29, 0.717) is 0 Å². The maximum atomic E-state index is 6.08. The van der Waals surface area contributed by atoms with Gasteiger partial charge in [0.15, 0.2) is 0 Å². The fourth-order valence-corrected chi connectivity index (χ4v) is 3.55. The number of hydrogen-bond donors (Lipinski definition) is 1. The highest BCUT2D eigenvalue weighted by Gasteiger charge is 2.29. The fourth-order valence-electron chi connectivity index (χ4n) is 3.55. The van der Waals surface area contributed by atoms with Crippen LogP contribution in [0.5, 0.6) is 0 Å². The Morgan fingerprint density at radius 1 is 1.15 bits per heavy atom. The molecule has 3 nitrogen and oxygen atoms in total. The molecule has 0 saturated carbocycles. The maximum Gasteiger partial charge on any atom is 0.0366 e. The van der Waals surface area contributed by atoms with E-state index in [9.17, 15) is 0 Å². The molecule has 2 aliphatic heterocycles. The molecule has 3 rings (SSSR count). The average molecular weight is 273 g/mol. The van der Waals surface area contributed by atoms with E-state index in [4.69, 9.17) is 5.73 Å². The zero-order valence-electron chi connectivity index (χ0n) is 12.6. The Hall–Kier alpha value is -1.06. The standard InChI is InChI=1S/C17H27N3/c1-2-17(18)14-5-7-15(8-6-14)20-12-9-16(13-20)19-10-3-4-11-19/h5-8,16-17H,2-4,9-13,18H2,1H3/t16?,17-/m1/s1. The molecule has 110 valence electrons. The Morgan fingerprint density at radius 2 is 1.85 bits per heavy atom. The lowest BCUT2D eigenvalue weighted by molar-refractivity contribution is 0.260. The van der Waals surface area contributed by atoms with Crippen molar-refractivity contribution in [2.24, 2.45) is 5.73 Å². The van der Waals surface area contributed by atoms with Gasteiger partial charge in [0.25, 0.3) is 0 Å². The molecule has 0 bridgehead atoms. The number of hydrogen-bond acceptors (Lipinski definition) is 3. The minimum Gasteiger partial charge on any atom is -0.370 e. The van der Waals surface area contributed by atoms with E-state index >= 15 is 0 Å². The van der Waals surface area contributed by atoms with Gasteiger partial charge in [-0.3, -0.25) is 4.90 Å². The average Bonchev–Trinajstić information content (AvgIpc) is 3.17. The molecule has 1 unspecified atom stereocenters. The van der Waals surface area contributed by atoms with Gasteiger partial charge in [0.05, 0.1) is 0 Å². The van der Waals surface area contributed by atoms with Crippen LogP contribution in [0, 0.1) is 0 Å². The van der Waals surface area contributed by atoms with Crippen LogP contribution < -0.4 is 10.6 Å². The molecule has 0 aromatic heterocycles. The van der Waals surface area contributed by atoms with Crippen LogP contribution in [0.25, 0.3) is 0 Å². The van der Waals surface area contributed by atoms with Crippen molar-refractivity contribution in [3.63, 3.8) is 0 Å². The van der Waals surface area contributed by atoms with Crippen molar-refractivity contribution in [2.45, 2.75) is 44.7 Å². The Labute approximate surface area is 122 Å². The van der Waals surface area contributed by atoms with Gasteiger partial charge in [-0.15, -0.1) is 0 Å². The second-order valence-electron chi connectivity index (χ2n) is 6.24. The first-order chi connectivity index (χ1) is 9.78. The van der Waals surface area contributed by atoms with Crippen LogP contribution in [0.4, 0.5) is 5.69 Å². The van der Waals surface area contributed by atoms with Gasteiger partial charge in [-0.1, -0.05) is 19.1 Å². The molecule has 2 atom stereocenters. The van der Waals surface area contributed by atoms with Crippen LogP contribution in [-0.2, 0) is 0 Å². The molecule has 2 heterocycles. The third-order valence-electron chi connectivity index (χ3n) is 4.95. The van der Waals surface area contributed by atoms with Crippen molar-refractivity contribution in [1.82, 2.24) is 4.90 Å². The van der Waals surface area contributed by atoms with Crippen molar-refractivity contribution >= 4 is 5.69 Å². The largest absolute Gasteiger partial charge is 0.370 e. The molecule has 2 N–H and O–H groups in total. The number of benzene rings is 1. The Kier molecular flexibility index (Phi) is 4.27. The van der Waals surface area contributed by atoms with Crippen molar-refractivity contribution in [1.29, 1.82) is 0 Å². The third-order valence-corrected chi connectivity index (χ3v) is 4.95. The summed E-state index contributed by atoms with van der Waals surface area (Å²) < 4.78 is 0. The monoisotopic (exact) mass is 273 g/mol. The van der Waals surface area contributed by atoms with E-state index in [1.54, 1.807) is 0 Å². The summed E-state index contributed by atoms with van der Waals surface area (Å²) >= 11 is 0. The minimum atomic E-state index is 0.181. The summed E-state index contributed by atoms with van der Waals surface area (Å²) in [6.45, 7) is 7.14. The van der Waals surface area contributed by atoms with Crippen LogP contribution in [0.1, 0.15) is 44.2 Å². The lowest BCUT2D eigenvalue weighted by atomic mass is 10.1. The Morgan fingerprint density at radius 3 is 2.50 bits per heavy atom. The summed E-state index contributed by atoms with van der Waals surface area (Å²) in [5, 5.41) is 0. The van der Waals surface area contributed by atoms with Crippen LogP contribution in [0.2, 0.25) is 0 Å². The number of likely N-dealkylation sites (tertiary alicyclic amines) is 1. The SMILES string of the molecule is CC[C@@H](N)c1ccc(N2CCC(N3CCCC3)C2)cc1. The lowest BCUT2D eigenvalue weighted by Gasteiger charge is -2.24. The molecular formula is C17H27N3. The molecule has 3 heteroatoms. The van der Waals surface area contributed by atoms with E-state index < -0.39 is 0 Å². The second kappa shape index (κ2) is 6.15. The summed E-state index contributed by atoms with van der Waals surface area (Å²) in [6.07, 6.45) is 5.09. The first-order valence-electron chi connectivity index (χ1n) is 8.12. The van der Waals surface area contributed by atoms with Gasteiger partial charge < -0.3 is 10.6 Å². The van der Waals surface area contributed by atoms with Crippen LogP contribution in [-0.4, -0.2) is 37.1 Å². The molecule has 1 aromatic rings. The highest BCUT2D eigenvalue weighted by Crippen LogP contribution is 2.26. The minimum absolute atomic E-state index is 0.181. The van der Waals surface area contributed by atoms with Gasteiger partial charge >= 0.3 is 0 Å². The topological polar surface area (TPSA) is 32.5 Å². The summed E-state index contributed by atoms with van der Waals surface area (Å²) in [4.78, 5) is 5.21. The first kappa shape index (κ1) is 13.9. The number of anilines is 1. The highest BCUT2D eigenvalue weighted by molar-refractivity contribution is 5.49. The van der Waals surface area contributed by atoms with Gasteiger partial charge in [0.1, 0.15) is 0 Å². The van der Waals surface area contributed by atoms with Gasteiger partial charge in [-0.25, -0.2) is 0 Å². The van der Waals surface area contributed by atoms with E-state index in [1.165, 1.54) is 56.7 Å². The van der Waals surface area contributed by atoms with Gasteiger partial charge in [-0.2, -0.15) is 0 Å². The number of nitrogens with zero attached hydrogens (tertiary/aromatic N) is 2. The highest BCUT2D eigenvalue weighted by atomic mass is 15.3. The first-order valence-corrected chi connectivity index (χ1v) is 8.12. The van der Waals surface area contributed by atoms with Crippen molar-refractivity contribution in [3.8, 4) is 0 Å². The lowest BCUT2D eigenvalue weighted by Crippen LogP contribution is -2.35. The van der Waals surface area contributed by atoms with Crippen molar-refractivity contribution in [3.05, 3.63) is 29.8 Å². The van der Waals surface area contributed by atoms with Gasteiger partial charge in [0.2, 0.25) is 0 Å².